The van der Waals surface area contributed by atoms with E-state index in [2.05, 4.69) is 10.6 Å². The maximum atomic E-state index is 12.2. The minimum absolute atomic E-state index is 0.159. The van der Waals surface area contributed by atoms with Gasteiger partial charge < -0.3 is 20.1 Å². The zero-order chi connectivity index (χ0) is 17.0. The van der Waals surface area contributed by atoms with Crippen molar-refractivity contribution in [2.24, 2.45) is 17.3 Å². The molecule has 2 amide bonds. The zero-order valence-electron chi connectivity index (χ0n) is 14.6. The highest BCUT2D eigenvalue weighted by molar-refractivity contribution is 5.79. The molecule has 0 aromatic carbocycles. The highest BCUT2D eigenvalue weighted by Crippen LogP contribution is 2.44. The number of hydrogen-bond donors (Lipinski definition) is 2. The van der Waals surface area contributed by atoms with Crippen LogP contribution in [0.15, 0.2) is 0 Å². The maximum Gasteiger partial charge on any atom is 0.315 e. The van der Waals surface area contributed by atoms with Gasteiger partial charge in [0.1, 0.15) is 0 Å². The number of amides is 2. The lowest BCUT2D eigenvalue weighted by molar-refractivity contribution is -0.158. The SMILES string of the molecule is COC(=O)C1(CNC(=O)N[C@@H]2C[C@H]2C2CCCCC2)CCOCC1. The van der Waals surface area contributed by atoms with Crippen LogP contribution in [0.5, 0.6) is 0 Å². The van der Waals surface area contributed by atoms with Gasteiger partial charge in [-0.25, -0.2) is 4.79 Å². The highest BCUT2D eigenvalue weighted by Gasteiger charge is 2.45. The molecule has 2 N–H and O–H groups in total. The predicted octanol–water partition coefficient (Wildman–Crippen LogP) is 2.22. The molecular formula is C18H30N2O4. The minimum Gasteiger partial charge on any atom is -0.469 e. The van der Waals surface area contributed by atoms with E-state index in [1.807, 2.05) is 0 Å². The zero-order valence-corrected chi connectivity index (χ0v) is 14.6. The summed E-state index contributed by atoms with van der Waals surface area (Å²) < 4.78 is 10.3. The normalized spacial score (nSPS) is 29.5. The molecule has 0 bridgehead atoms. The molecule has 0 radical (unpaired) electrons. The molecule has 2 saturated carbocycles. The van der Waals surface area contributed by atoms with E-state index in [-0.39, 0.29) is 12.0 Å². The van der Waals surface area contributed by atoms with E-state index in [4.69, 9.17) is 9.47 Å². The number of hydrogen-bond acceptors (Lipinski definition) is 4. The summed E-state index contributed by atoms with van der Waals surface area (Å²) in [4.78, 5) is 24.4. The third-order valence-electron chi connectivity index (χ3n) is 6.07. The van der Waals surface area contributed by atoms with Crippen molar-refractivity contribution in [3.05, 3.63) is 0 Å². The second-order valence-electron chi connectivity index (χ2n) is 7.62. The largest absolute Gasteiger partial charge is 0.469 e. The van der Waals surface area contributed by atoms with E-state index in [9.17, 15) is 9.59 Å². The van der Waals surface area contributed by atoms with Crippen LogP contribution < -0.4 is 10.6 Å². The minimum atomic E-state index is -0.642. The number of carbonyl (C=O) groups is 2. The van der Waals surface area contributed by atoms with Gasteiger partial charge in [-0.15, -0.1) is 0 Å². The molecule has 3 fully saturated rings. The van der Waals surface area contributed by atoms with Crippen molar-refractivity contribution in [2.75, 3.05) is 26.9 Å². The fourth-order valence-corrected chi connectivity index (χ4v) is 4.36. The number of methoxy groups -OCH3 is 1. The topological polar surface area (TPSA) is 76.7 Å². The maximum absolute atomic E-state index is 12.2. The fraction of sp³-hybridized carbons (Fsp3) is 0.889. The van der Waals surface area contributed by atoms with Gasteiger partial charge in [-0.2, -0.15) is 0 Å². The smallest absolute Gasteiger partial charge is 0.315 e. The molecule has 6 nitrogen and oxygen atoms in total. The summed E-state index contributed by atoms with van der Waals surface area (Å²) in [6.07, 6.45) is 8.96. The van der Waals surface area contributed by atoms with Gasteiger partial charge in [0.15, 0.2) is 0 Å². The molecule has 136 valence electrons. The molecule has 1 saturated heterocycles. The third-order valence-corrected chi connectivity index (χ3v) is 6.07. The Morgan fingerprint density at radius 2 is 1.88 bits per heavy atom. The van der Waals surface area contributed by atoms with Gasteiger partial charge in [0, 0.05) is 25.8 Å². The van der Waals surface area contributed by atoms with Crippen LogP contribution in [-0.2, 0) is 14.3 Å². The Labute approximate surface area is 144 Å². The number of carbonyl (C=O) groups excluding carboxylic acids is 2. The Morgan fingerprint density at radius 3 is 2.54 bits per heavy atom. The van der Waals surface area contributed by atoms with E-state index >= 15 is 0 Å². The van der Waals surface area contributed by atoms with Crippen LogP contribution in [0.2, 0.25) is 0 Å². The monoisotopic (exact) mass is 338 g/mol. The van der Waals surface area contributed by atoms with Crippen molar-refractivity contribution in [3.63, 3.8) is 0 Å². The standard InChI is InChI=1S/C18H30N2O4/c1-23-16(21)18(7-9-24-10-8-18)12-19-17(22)20-15-11-14(15)13-5-3-2-4-6-13/h13-15H,2-12H2,1H3,(H2,19,20,22)/t14-,15+/m0/s1. The molecular weight excluding hydrogens is 308 g/mol. The van der Waals surface area contributed by atoms with Crippen LogP contribution in [0.25, 0.3) is 0 Å². The highest BCUT2D eigenvalue weighted by atomic mass is 16.5. The molecule has 0 spiro atoms. The van der Waals surface area contributed by atoms with E-state index in [0.29, 0.717) is 44.6 Å². The van der Waals surface area contributed by atoms with Crippen molar-refractivity contribution in [1.29, 1.82) is 0 Å². The lowest BCUT2D eigenvalue weighted by Crippen LogP contribution is -2.49. The molecule has 0 aromatic rings. The molecule has 1 aliphatic heterocycles. The van der Waals surface area contributed by atoms with E-state index in [1.54, 1.807) is 0 Å². The predicted molar refractivity (Wildman–Crippen MR) is 89.5 cm³/mol. The quantitative estimate of drug-likeness (QED) is 0.754. The molecule has 2 atom stereocenters. The molecule has 0 aromatic heterocycles. The van der Waals surface area contributed by atoms with Crippen molar-refractivity contribution >= 4 is 12.0 Å². The van der Waals surface area contributed by atoms with E-state index < -0.39 is 5.41 Å². The third kappa shape index (κ3) is 4.02. The average molecular weight is 338 g/mol. The number of esters is 1. The summed E-state index contributed by atoms with van der Waals surface area (Å²) >= 11 is 0. The Balaban J connectivity index is 1.44. The lowest BCUT2D eigenvalue weighted by Gasteiger charge is -2.34. The van der Waals surface area contributed by atoms with Gasteiger partial charge in [-0.1, -0.05) is 32.1 Å². The second-order valence-corrected chi connectivity index (χ2v) is 7.62. The van der Waals surface area contributed by atoms with Crippen molar-refractivity contribution < 1.29 is 19.1 Å². The van der Waals surface area contributed by atoms with Gasteiger partial charge in [-0.05, 0) is 31.1 Å². The first kappa shape index (κ1) is 17.5. The number of ether oxygens (including phenoxy) is 2. The van der Waals surface area contributed by atoms with Gasteiger partial charge >= 0.3 is 12.0 Å². The Kier molecular flexibility index (Phi) is 5.64. The summed E-state index contributed by atoms with van der Waals surface area (Å²) in [6, 6.07) is 0.157. The van der Waals surface area contributed by atoms with E-state index in [0.717, 1.165) is 12.3 Å². The first-order chi connectivity index (χ1) is 11.6. The summed E-state index contributed by atoms with van der Waals surface area (Å²) in [7, 11) is 1.40. The molecule has 3 aliphatic rings. The number of urea groups is 1. The van der Waals surface area contributed by atoms with Crippen molar-refractivity contribution in [3.8, 4) is 0 Å². The van der Waals surface area contributed by atoms with E-state index in [1.165, 1.54) is 39.2 Å². The average Bonchev–Trinajstić information content (AvgIpc) is 3.40. The van der Waals surface area contributed by atoms with Gasteiger partial charge in [0.25, 0.3) is 0 Å². The van der Waals surface area contributed by atoms with Gasteiger partial charge in [0.2, 0.25) is 0 Å². The first-order valence-corrected chi connectivity index (χ1v) is 9.35. The summed E-state index contributed by atoms with van der Waals surface area (Å²) in [5, 5.41) is 5.98. The molecule has 6 heteroatoms. The molecule has 3 rings (SSSR count). The lowest BCUT2D eigenvalue weighted by atomic mass is 9.80. The molecule has 1 heterocycles. The van der Waals surface area contributed by atoms with Gasteiger partial charge in [0.05, 0.1) is 12.5 Å². The first-order valence-electron chi connectivity index (χ1n) is 9.35. The second kappa shape index (κ2) is 7.72. The van der Waals surface area contributed by atoms with Crippen molar-refractivity contribution in [1.82, 2.24) is 10.6 Å². The number of nitrogens with one attached hydrogen (secondary N) is 2. The summed E-state index contributed by atoms with van der Waals surface area (Å²) in [5.74, 6) is 1.20. The fourth-order valence-electron chi connectivity index (χ4n) is 4.36. The number of rotatable bonds is 5. The Morgan fingerprint density at radius 1 is 1.17 bits per heavy atom. The van der Waals surface area contributed by atoms with Crippen LogP contribution in [0.4, 0.5) is 4.79 Å². The Bertz CT molecular complexity index is 456. The molecule has 0 unspecified atom stereocenters. The van der Waals surface area contributed by atoms with Crippen LogP contribution in [0, 0.1) is 17.3 Å². The van der Waals surface area contributed by atoms with Crippen molar-refractivity contribution in [2.45, 2.75) is 57.4 Å². The van der Waals surface area contributed by atoms with Crippen LogP contribution >= 0.6 is 0 Å². The molecule has 24 heavy (non-hydrogen) atoms. The van der Waals surface area contributed by atoms with Crippen LogP contribution in [0.1, 0.15) is 51.4 Å². The summed E-state index contributed by atoms with van der Waals surface area (Å²) in [6.45, 7) is 1.38. The van der Waals surface area contributed by atoms with Gasteiger partial charge in [-0.3, -0.25) is 4.79 Å². The van der Waals surface area contributed by atoms with Crippen LogP contribution in [-0.4, -0.2) is 44.9 Å². The summed E-state index contributed by atoms with van der Waals surface area (Å²) in [5.41, 5.74) is -0.642. The van der Waals surface area contributed by atoms with Crippen LogP contribution in [0.3, 0.4) is 0 Å². The Hall–Kier alpha value is -1.30. The molecule has 2 aliphatic carbocycles.